The van der Waals surface area contributed by atoms with E-state index in [-0.39, 0.29) is 30.5 Å². The summed E-state index contributed by atoms with van der Waals surface area (Å²) in [5.41, 5.74) is 2.68. The van der Waals surface area contributed by atoms with Crippen LogP contribution in [0, 0.1) is 0 Å². The van der Waals surface area contributed by atoms with Crippen LogP contribution in [0.3, 0.4) is 0 Å². The van der Waals surface area contributed by atoms with Crippen molar-refractivity contribution >= 4 is 50.2 Å². The van der Waals surface area contributed by atoms with Crippen LogP contribution in [0.15, 0.2) is 109 Å². The van der Waals surface area contributed by atoms with Gasteiger partial charge in [0.05, 0.1) is 54.2 Å². The van der Waals surface area contributed by atoms with Crippen molar-refractivity contribution in [1.29, 1.82) is 0 Å². The van der Waals surface area contributed by atoms with Crippen molar-refractivity contribution in [2.45, 2.75) is 85.5 Å². The number of hydrogen-bond donors (Lipinski definition) is 2. The van der Waals surface area contributed by atoms with Crippen molar-refractivity contribution < 1.29 is 49.3 Å². The number of phenolic OH excluding ortho intramolecular Hbond substituents is 1. The number of esters is 2. The number of rotatable bonds is 18. The molecule has 6 rings (SSSR count). The molecule has 0 aromatic heterocycles. The van der Waals surface area contributed by atoms with Crippen LogP contribution in [-0.4, -0.2) is 61.7 Å². The Morgan fingerprint density at radius 2 is 0.951 bits per heavy atom. The summed E-state index contributed by atoms with van der Waals surface area (Å²) in [5.74, 6) is 0.625. The Hall–Kier alpha value is -6.16. The third kappa shape index (κ3) is 16.8. The number of aromatic hydroxyl groups is 1. The number of aliphatic carboxylic acids is 1. The van der Waals surface area contributed by atoms with E-state index in [4.69, 9.17) is 25.4 Å². The zero-order chi connectivity index (χ0) is 45.1. The lowest BCUT2D eigenvalue weighted by molar-refractivity contribution is -0.143. The van der Waals surface area contributed by atoms with Crippen LogP contribution in [0.2, 0.25) is 0 Å². The zero-order valence-corrected chi connectivity index (χ0v) is 35.9. The van der Waals surface area contributed by atoms with Gasteiger partial charge < -0.3 is 29.2 Å². The Bertz CT molecular complexity index is 2290. The van der Waals surface area contributed by atoms with Gasteiger partial charge in [0.1, 0.15) is 17.2 Å². The number of phenols is 1. The highest BCUT2D eigenvalue weighted by Crippen LogP contribution is 2.27. The van der Waals surface area contributed by atoms with E-state index in [1.807, 2.05) is 104 Å². The maximum Gasteiger partial charge on any atom is 0.310 e. The molecule has 0 aliphatic heterocycles. The summed E-state index contributed by atoms with van der Waals surface area (Å²) in [7, 11) is -1.00. The van der Waals surface area contributed by atoms with E-state index in [1.54, 1.807) is 19.1 Å². The highest BCUT2D eigenvalue weighted by Gasteiger charge is 2.10. The summed E-state index contributed by atoms with van der Waals surface area (Å²) in [5, 5.41) is 24.5. The van der Waals surface area contributed by atoms with Crippen LogP contribution in [0.4, 0.5) is 4.39 Å². The van der Waals surface area contributed by atoms with Crippen LogP contribution in [0.25, 0.3) is 32.3 Å². The maximum atomic E-state index is 11.7. The topological polar surface area (TPSA) is 129 Å². The smallest absolute Gasteiger partial charge is 0.310 e. The van der Waals surface area contributed by atoms with Gasteiger partial charge in [0.25, 0.3) is 0 Å². The first-order valence-electron chi connectivity index (χ1n) is 21.7. The highest BCUT2D eigenvalue weighted by atomic mass is 19.1. The van der Waals surface area contributed by atoms with Crippen LogP contribution in [0.5, 0.6) is 17.2 Å². The number of carboxylic acid groups (broad SMARTS) is 1. The molecule has 0 saturated carbocycles. The number of carboxylic acids is 1. The van der Waals surface area contributed by atoms with Gasteiger partial charge in [0.15, 0.2) is 0 Å². The van der Waals surface area contributed by atoms with Gasteiger partial charge in [0, 0.05) is 0 Å². The molecular weight excluding hydrogens is 776 g/mol. The number of ether oxygens (including phenoxy) is 4. The molecule has 0 aliphatic rings. The molecule has 6 aromatic carbocycles. The van der Waals surface area contributed by atoms with E-state index < -0.39 is 13.1 Å². The Morgan fingerprint density at radius 1 is 0.557 bits per heavy atom. The molecule has 10 heteroatoms. The minimum atomic E-state index is -1.00. The summed E-state index contributed by atoms with van der Waals surface area (Å²) in [6.07, 6.45) is 7.38. The molecular formula is C51H61FO9. The number of halogens is 1. The Balaban J connectivity index is 0.000000241. The second-order valence-corrected chi connectivity index (χ2v) is 14.1. The number of fused-ring (bicyclic) bond motifs is 3. The molecule has 0 fully saturated rings. The lowest BCUT2D eigenvalue weighted by atomic mass is 10.0. The monoisotopic (exact) mass is 837 g/mol. The van der Waals surface area contributed by atoms with Gasteiger partial charge in [-0.2, -0.15) is 0 Å². The Labute approximate surface area is 360 Å². The molecule has 0 radical (unpaired) electrons. The predicted molar refractivity (Wildman–Crippen MR) is 243 cm³/mol. The average Bonchev–Trinajstić information content (AvgIpc) is 3.25. The fourth-order valence-electron chi connectivity index (χ4n) is 6.58. The summed E-state index contributed by atoms with van der Waals surface area (Å²) in [6, 6.07) is 34.5. The summed E-state index contributed by atoms with van der Waals surface area (Å²) < 4.78 is 37.0. The molecule has 9 nitrogen and oxygen atoms in total. The largest absolute Gasteiger partial charge is 0.508 e. The fourth-order valence-corrected chi connectivity index (χ4v) is 6.58. The summed E-state index contributed by atoms with van der Waals surface area (Å²) >= 11 is 0. The van der Waals surface area contributed by atoms with Gasteiger partial charge >= 0.3 is 17.9 Å². The second kappa shape index (κ2) is 27.6. The van der Waals surface area contributed by atoms with E-state index in [0.717, 1.165) is 86.4 Å². The Morgan fingerprint density at radius 3 is 1.34 bits per heavy atom. The van der Waals surface area contributed by atoms with Crippen LogP contribution in [0.1, 0.15) is 84.3 Å². The van der Waals surface area contributed by atoms with Crippen molar-refractivity contribution in [3.63, 3.8) is 0 Å². The van der Waals surface area contributed by atoms with Gasteiger partial charge in [-0.05, 0) is 112 Å². The molecule has 0 saturated heterocycles. The van der Waals surface area contributed by atoms with Crippen molar-refractivity contribution in [3.8, 4) is 17.2 Å². The van der Waals surface area contributed by atoms with E-state index in [0.29, 0.717) is 26.2 Å². The van der Waals surface area contributed by atoms with E-state index in [1.165, 1.54) is 19.3 Å². The molecule has 0 aliphatic carbocycles. The van der Waals surface area contributed by atoms with Gasteiger partial charge in [-0.1, -0.05) is 112 Å². The van der Waals surface area contributed by atoms with Crippen molar-refractivity contribution in [2.24, 2.45) is 0 Å². The first-order chi connectivity index (χ1) is 30.1. The van der Waals surface area contributed by atoms with E-state index >= 15 is 0 Å². The molecule has 0 heterocycles. The molecule has 0 unspecified atom stereocenters. The van der Waals surface area contributed by atoms with Crippen molar-refractivity contribution in [1.82, 2.24) is 0 Å². The minimum Gasteiger partial charge on any atom is -0.508 e. The maximum absolute atomic E-state index is 11.7. The van der Waals surface area contributed by atoms with Crippen LogP contribution in [-0.2, 0) is 43.1 Å². The predicted octanol–water partition coefficient (Wildman–Crippen LogP) is 11.8. The SMILES string of the molecule is CCCCCOc1ccc2cccc(CC(=O)O)c2c1.CCCCCOc1ccc2cccc(CC(=O)OCC)c2c1.CCOC(=O)Cc1cccc2ccc(O)cc12.[2H]CF. The molecule has 326 valence electrons. The number of unbranched alkanes of at least 4 members (excludes halogenated alkanes) is 4. The van der Waals surface area contributed by atoms with Crippen molar-refractivity contribution in [2.75, 3.05) is 33.6 Å². The molecule has 0 spiro atoms. The minimum absolute atomic E-state index is 0.0383. The van der Waals surface area contributed by atoms with Crippen LogP contribution < -0.4 is 9.47 Å². The third-order valence-electron chi connectivity index (χ3n) is 9.50. The normalized spacial score (nSPS) is 10.5. The lowest BCUT2D eigenvalue weighted by Gasteiger charge is -2.10. The number of alkyl halides is 1. The van der Waals surface area contributed by atoms with Gasteiger partial charge in [-0.15, -0.1) is 0 Å². The highest BCUT2D eigenvalue weighted by molar-refractivity contribution is 5.92. The molecule has 61 heavy (non-hydrogen) atoms. The Kier molecular flexibility index (Phi) is 21.5. The molecule has 0 bridgehead atoms. The molecule has 0 amide bonds. The van der Waals surface area contributed by atoms with Gasteiger partial charge in [-0.3, -0.25) is 18.8 Å². The first kappa shape index (κ1) is 47.5. The second-order valence-electron chi connectivity index (χ2n) is 14.1. The number of carbonyl (C=O) groups excluding carboxylic acids is 2. The molecule has 6 aromatic rings. The number of carbonyl (C=O) groups is 3. The molecule has 2 N–H and O–H groups in total. The average molecular weight is 838 g/mol. The standard InChI is InChI=1S/C19H24O3.C17H20O3.C14H14O3.CH3F/c1-3-5-6-12-22-17-11-10-15-8-7-9-16(18(15)14-17)13-19(20)21-4-2;1-2-3-4-10-20-15-9-8-13-6-5-7-14(11-17(18)19)16(13)12-15;1-2-17-14(16)8-11-5-3-4-10-6-7-12(15)9-13(10)11;1-2/h7-11,14H,3-6,12-13H2,1-2H3;5-9,12H,2-4,10-11H2,1H3,(H,18,19);3-7,9,15H,2,8H2,1H3;1H3/i;;;1D. The van der Waals surface area contributed by atoms with Crippen molar-refractivity contribution in [3.05, 3.63) is 126 Å². The number of benzene rings is 6. The quantitative estimate of drug-likeness (QED) is 0.0642. The fraction of sp³-hybridized carbons (Fsp3) is 0.353. The lowest BCUT2D eigenvalue weighted by Crippen LogP contribution is -2.07. The van der Waals surface area contributed by atoms with Gasteiger partial charge in [0.2, 0.25) is 0 Å². The molecule has 0 atom stereocenters. The van der Waals surface area contributed by atoms with E-state index in [9.17, 15) is 23.9 Å². The first-order valence-corrected chi connectivity index (χ1v) is 20.9. The summed E-state index contributed by atoms with van der Waals surface area (Å²) in [6.45, 7) is 10.2. The third-order valence-corrected chi connectivity index (χ3v) is 9.50. The number of hydrogen-bond acceptors (Lipinski definition) is 8. The van der Waals surface area contributed by atoms with Crippen LogP contribution >= 0.6 is 0 Å². The summed E-state index contributed by atoms with van der Waals surface area (Å²) in [4.78, 5) is 34.1. The van der Waals surface area contributed by atoms with E-state index in [2.05, 4.69) is 13.8 Å². The van der Waals surface area contributed by atoms with Gasteiger partial charge in [-0.25, -0.2) is 0 Å². The zero-order valence-electron chi connectivity index (χ0n) is 36.9.